The van der Waals surface area contributed by atoms with Gasteiger partial charge in [-0.3, -0.25) is 4.68 Å². The van der Waals surface area contributed by atoms with E-state index in [0.717, 1.165) is 37.1 Å². The SMILES string of the molecule is Cc1cc(CC2(CBr)CCOC2)n(C)n1. The molecule has 1 fully saturated rings. The molecule has 1 aliphatic rings. The van der Waals surface area contributed by atoms with Crippen LogP contribution in [0.3, 0.4) is 0 Å². The standard InChI is InChI=1S/C11H17BrN2O/c1-9-5-10(14(2)13-9)6-11(7-12)3-4-15-8-11/h5H,3-4,6-8H2,1-2H3. The summed E-state index contributed by atoms with van der Waals surface area (Å²) in [6, 6.07) is 2.17. The Morgan fingerprint density at radius 3 is 2.93 bits per heavy atom. The highest BCUT2D eigenvalue weighted by Crippen LogP contribution is 2.34. The van der Waals surface area contributed by atoms with Gasteiger partial charge in [0, 0.05) is 30.1 Å². The van der Waals surface area contributed by atoms with Crippen LogP contribution in [0.15, 0.2) is 6.07 Å². The molecule has 84 valence electrons. The smallest absolute Gasteiger partial charge is 0.0596 e. The second-order valence-electron chi connectivity index (χ2n) is 4.51. The van der Waals surface area contributed by atoms with Crippen molar-refractivity contribution < 1.29 is 4.74 Å². The summed E-state index contributed by atoms with van der Waals surface area (Å²) in [5.74, 6) is 0. The van der Waals surface area contributed by atoms with Gasteiger partial charge >= 0.3 is 0 Å². The molecule has 0 saturated carbocycles. The van der Waals surface area contributed by atoms with Crippen molar-refractivity contribution in [1.29, 1.82) is 0 Å². The Hall–Kier alpha value is -0.350. The first-order chi connectivity index (χ1) is 7.15. The van der Waals surface area contributed by atoms with Crippen molar-refractivity contribution in [2.45, 2.75) is 19.8 Å². The van der Waals surface area contributed by atoms with Gasteiger partial charge in [0.2, 0.25) is 0 Å². The molecular weight excluding hydrogens is 256 g/mol. The number of nitrogens with zero attached hydrogens (tertiary/aromatic N) is 2. The van der Waals surface area contributed by atoms with Gasteiger partial charge < -0.3 is 4.74 Å². The summed E-state index contributed by atoms with van der Waals surface area (Å²) in [6.07, 6.45) is 2.19. The molecule has 1 aromatic heterocycles. The van der Waals surface area contributed by atoms with Crippen molar-refractivity contribution >= 4 is 15.9 Å². The van der Waals surface area contributed by atoms with Crippen molar-refractivity contribution in [3.8, 4) is 0 Å². The van der Waals surface area contributed by atoms with E-state index in [1.54, 1.807) is 0 Å². The molecule has 15 heavy (non-hydrogen) atoms. The molecule has 1 unspecified atom stereocenters. The van der Waals surface area contributed by atoms with E-state index >= 15 is 0 Å². The van der Waals surface area contributed by atoms with E-state index in [9.17, 15) is 0 Å². The van der Waals surface area contributed by atoms with E-state index in [0.29, 0.717) is 0 Å². The highest BCUT2D eigenvalue weighted by molar-refractivity contribution is 9.09. The number of aromatic nitrogens is 2. The molecule has 0 amide bonds. The molecule has 0 radical (unpaired) electrons. The van der Waals surface area contributed by atoms with E-state index < -0.39 is 0 Å². The maximum Gasteiger partial charge on any atom is 0.0596 e. The van der Waals surface area contributed by atoms with Crippen molar-refractivity contribution in [3.63, 3.8) is 0 Å². The molecule has 0 aromatic carbocycles. The second-order valence-corrected chi connectivity index (χ2v) is 5.07. The third kappa shape index (κ3) is 2.26. The first-order valence-corrected chi connectivity index (χ1v) is 6.41. The highest BCUT2D eigenvalue weighted by Gasteiger charge is 2.34. The monoisotopic (exact) mass is 272 g/mol. The lowest BCUT2D eigenvalue weighted by molar-refractivity contribution is 0.161. The molecule has 1 atom stereocenters. The molecule has 1 aliphatic heterocycles. The Morgan fingerprint density at radius 2 is 2.47 bits per heavy atom. The van der Waals surface area contributed by atoms with Crippen LogP contribution in [0.25, 0.3) is 0 Å². The van der Waals surface area contributed by atoms with Crippen LogP contribution < -0.4 is 0 Å². The van der Waals surface area contributed by atoms with Crippen molar-refractivity contribution in [2.24, 2.45) is 12.5 Å². The molecule has 1 aromatic rings. The fourth-order valence-electron chi connectivity index (χ4n) is 2.16. The van der Waals surface area contributed by atoms with Crippen LogP contribution in [0, 0.1) is 12.3 Å². The van der Waals surface area contributed by atoms with Gasteiger partial charge in [0.25, 0.3) is 0 Å². The first kappa shape index (κ1) is 11.1. The Morgan fingerprint density at radius 1 is 1.67 bits per heavy atom. The Balaban J connectivity index is 2.16. The van der Waals surface area contributed by atoms with Crippen molar-refractivity contribution in [3.05, 3.63) is 17.5 Å². The van der Waals surface area contributed by atoms with E-state index in [2.05, 4.69) is 27.1 Å². The van der Waals surface area contributed by atoms with E-state index in [-0.39, 0.29) is 5.41 Å². The summed E-state index contributed by atoms with van der Waals surface area (Å²) < 4.78 is 7.49. The van der Waals surface area contributed by atoms with E-state index in [4.69, 9.17) is 4.74 Å². The number of aryl methyl sites for hydroxylation is 2. The minimum atomic E-state index is 0.278. The Labute approximate surface area is 98.9 Å². The Kier molecular flexibility index (Phi) is 3.16. The lowest BCUT2D eigenvalue weighted by atomic mass is 9.85. The average Bonchev–Trinajstić information content (AvgIpc) is 2.76. The summed E-state index contributed by atoms with van der Waals surface area (Å²) in [6.45, 7) is 3.79. The zero-order chi connectivity index (χ0) is 10.9. The Bertz CT molecular complexity index is 342. The van der Waals surface area contributed by atoms with Gasteiger partial charge in [-0.1, -0.05) is 15.9 Å². The maximum absolute atomic E-state index is 5.51. The molecule has 0 bridgehead atoms. The van der Waals surface area contributed by atoms with Crippen LogP contribution in [-0.4, -0.2) is 28.3 Å². The molecule has 0 aliphatic carbocycles. The summed E-state index contributed by atoms with van der Waals surface area (Å²) in [4.78, 5) is 0. The quantitative estimate of drug-likeness (QED) is 0.788. The van der Waals surface area contributed by atoms with Crippen LogP contribution in [0.4, 0.5) is 0 Å². The van der Waals surface area contributed by atoms with Gasteiger partial charge in [0.15, 0.2) is 0 Å². The summed E-state index contributed by atoms with van der Waals surface area (Å²) in [5, 5.41) is 5.38. The summed E-state index contributed by atoms with van der Waals surface area (Å²) in [5.41, 5.74) is 2.67. The number of ether oxygens (including phenoxy) is 1. The van der Waals surface area contributed by atoms with Gasteiger partial charge in [0.05, 0.1) is 12.3 Å². The normalized spacial score (nSPS) is 26.1. The second kappa shape index (κ2) is 4.26. The lowest BCUT2D eigenvalue weighted by Gasteiger charge is -2.24. The number of halogens is 1. The number of alkyl halides is 1. The fraction of sp³-hybridized carbons (Fsp3) is 0.727. The molecular formula is C11H17BrN2O. The van der Waals surface area contributed by atoms with Crippen molar-refractivity contribution in [1.82, 2.24) is 9.78 Å². The molecule has 2 rings (SSSR count). The fourth-order valence-corrected chi connectivity index (χ4v) is 2.80. The van der Waals surface area contributed by atoms with Gasteiger partial charge in [-0.05, 0) is 25.8 Å². The van der Waals surface area contributed by atoms with Gasteiger partial charge in [-0.15, -0.1) is 0 Å². The zero-order valence-corrected chi connectivity index (χ0v) is 10.9. The maximum atomic E-state index is 5.51. The molecule has 1 saturated heterocycles. The highest BCUT2D eigenvalue weighted by atomic mass is 79.9. The minimum Gasteiger partial charge on any atom is -0.381 e. The van der Waals surface area contributed by atoms with Gasteiger partial charge in [-0.2, -0.15) is 5.10 Å². The molecule has 4 heteroatoms. The van der Waals surface area contributed by atoms with Gasteiger partial charge in [0.1, 0.15) is 0 Å². The largest absolute Gasteiger partial charge is 0.381 e. The van der Waals surface area contributed by atoms with Crippen LogP contribution in [0.2, 0.25) is 0 Å². The first-order valence-electron chi connectivity index (χ1n) is 5.28. The minimum absolute atomic E-state index is 0.278. The predicted octanol–water partition coefficient (Wildman–Crippen LogP) is 2.07. The number of hydrogen-bond acceptors (Lipinski definition) is 2. The van der Waals surface area contributed by atoms with Gasteiger partial charge in [-0.25, -0.2) is 0 Å². The number of hydrogen-bond donors (Lipinski definition) is 0. The van der Waals surface area contributed by atoms with Crippen LogP contribution in [0.5, 0.6) is 0 Å². The van der Waals surface area contributed by atoms with Crippen LogP contribution >= 0.6 is 15.9 Å². The molecule has 0 N–H and O–H groups in total. The molecule has 2 heterocycles. The van der Waals surface area contributed by atoms with Crippen LogP contribution in [0.1, 0.15) is 17.8 Å². The molecule has 0 spiro atoms. The topological polar surface area (TPSA) is 27.1 Å². The molecule has 3 nitrogen and oxygen atoms in total. The van der Waals surface area contributed by atoms with E-state index in [1.165, 1.54) is 5.69 Å². The number of rotatable bonds is 3. The average molecular weight is 273 g/mol. The van der Waals surface area contributed by atoms with E-state index in [1.807, 2.05) is 18.7 Å². The van der Waals surface area contributed by atoms with Crippen molar-refractivity contribution in [2.75, 3.05) is 18.5 Å². The third-order valence-corrected chi connectivity index (χ3v) is 4.31. The zero-order valence-electron chi connectivity index (χ0n) is 9.29. The lowest BCUT2D eigenvalue weighted by Crippen LogP contribution is -2.27. The third-order valence-electron chi connectivity index (χ3n) is 3.12. The summed E-state index contributed by atoms with van der Waals surface area (Å²) >= 11 is 3.61. The summed E-state index contributed by atoms with van der Waals surface area (Å²) in [7, 11) is 2.01. The van der Waals surface area contributed by atoms with Crippen LogP contribution in [-0.2, 0) is 18.2 Å². The predicted molar refractivity (Wildman–Crippen MR) is 63.3 cm³/mol.